The molecule has 3 rings (SSSR count). The lowest BCUT2D eigenvalue weighted by atomic mass is 10.0. The summed E-state index contributed by atoms with van der Waals surface area (Å²) in [6.45, 7) is -0.158. The molecule has 0 heterocycles. The van der Waals surface area contributed by atoms with Crippen molar-refractivity contribution in [3.05, 3.63) is 84.4 Å². The molecule has 0 aliphatic heterocycles. The molecule has 1 atom stereocenters. The highest BCUT2D eigenvalue weighted by Gasteiger charge is 2.21. The Balaban J connectivity index is 1.65. The van der Waals surface area contributed by atoms with Gasteiger partial charge in [0, 0.05) is 12.1 Å². The number of carbonyl (C=O) groups is 2. The maximum atomic E-state index is 12.5. The van der Waals surface area contributed by atoms with Crippen LogP contribution in [0.15, 0.2) is 78.9 Å². The summed E-state index contributed by atoms with van der Waals surface area (Å²) in [7, 11) is 0. The molecule has 3 aromatic rings. The zero-order valence-corrected chi connectivity index (χ0v) is 16.7. The largest absolute Gasteiger partial charge is 0.508 e. The predicted octanol–water partition coefficient (Wildman–Crippen LogP) is 3.43. The van der Waals surface area contributed by atoms with Crippen LogP contribution in [0.25, 0.3) is 11.1 Å². The lowest BCUT2D eigenvalue weighted by molar-refractivity contribution is -0.122. The van der Waals surface area contributed by atoms with E-state index in [2.05, 4.69) is 16.0 Å². The van der Waals surface area contributed by atoms with Crippen molar-refractivity contribution < 1.29 is 14.7 Å². The lowest BCUT2D eigenvalue weighted by Crippen LogP contribution is -2.49. The second-order valence-electron chi connectivity index (χ2n) is 6.84. The molecular formula is C24H22N4O3. The monoisotopic (exact) mass is 414 g/mol. The summed E-state index contributed by atoms with van der Waals surface area (Å²) in [6, 6.07) is 24.0. The molecule has 1 unspecified atom stereocenters. The van der Waals surface area contributed by atoms with Crippen molar-refractivity contribution in [1.82, 2.24) is 10.6 Å². The van der Waals surface area contributed by atoms with Gasteiger partial charge < -0.3 is 21.1 Å². The second-order valence-corrected chi connectivity index (χ2v) is 6.84. The SMILES string of the molecule is N#CCNC(=O)C(Cc1ccc(O)cc1)NC(=O)Nc1ccc(-c2ccccc2)cc1. The van der Waals surface area contributed by atoms with Crippen LogP contribution in [0.5, 0.6) is 5.75 Å². The number of carbonyl (C=O) groups excluding carboxylic acids is 2. The minimum absolute atomic E-state index is 0.110. The van der Waals surface area contributed by atoms with Crippen LogP contribution >= 0.6 is 0 Å². The third-order valence-corrected chi connectivity index (χ3v) is 4.59. The van der Waals surface area contributed by atoms with Gasteiger partial charge in [-0.15, -0.1) is 0 Å². The topological polar surface area (TPSA) is 114 Å². The molecule has 156 valence electrons. The number of anilines is 1. The maximum absolute atomic E-state index is 12.5. The number of hydrogen-bond donors (Lipinski definition) is 4. The Morgan fingerprint density at radius 1 is 0.903 bits per heavy atom. The van der Waals surface area contributed by atoms with Crippen LogP contribution < -0.4 is 16.0 Å². The number of phenolic OH excluding ortho intramolecular Hbond substituents is 1. The highest BCUT2D eigenvalue weighted by atomic mass is 16.3. The zero-order valence-electron chi connectivity index (χ0n) is 16.7. The van der Waals surface area contributed by atoms with Crippen molar-refractivity contribution in [2.45, 2.75) is 12.5 Å². The standard InChI is InChI=1S/C24H22N4O3/c25-14-15-26-23(30)22(16-17-6-12-21(29)13-7-17)28-24(31)27-20-10-8-19(9-11-20)18-4-2-1-3-5-18/h1-13,22,29H,15-16H2,(H,26,30)(H2,27,28,31). The van der Waals surface area contributed by atoms with E-state index in [4.69, 9.17) is 5.26 Å². The Labute approximate surface area is 180 Å². The quantitative estimate of drug-likeness (QED) is 0.444. The average molecular weight is 414 g/mol. The zero-order chi connectivity index (χ0) is 22.1. The molecule has 0 fully saturated rings. The first-order chi connectivity index (χ1) is 15.0. The minimum atomic E-state index is -0.888. The Hall–Kier alpha value is -4.31. The maximum Gasteiger partial charge on any atom is 0.319 e. The van der Waals surface area contributed by atoms with Gasteiger partial charge in [0.1, 0.15) is 18.3 Å². The molecule has 3 amide bonds. The fraction of sp³-hybridized carbons (Fsp3) is 0.125. The van der Waals surface area contributed by atoms with E-state index in [9.17, 15) is 14.7 Å². The fourth-order valence-electron chi connectivity index (χ4n) is 3.03. The van der Waals surface area contributed by atoms with Gasteiger partial charge >= 0.3 is 6.03 Å². The van der Waals surface area contributed by atoms with E-state index in [-0.39, 0.29) is 18.7 Å². The molecule has 3 aromatic carbocycles. The number of rotatable bonds is 7. The molecule has 7 heteroatoms. The van der Waals surface area contributed by atoms with E-state index >= 15 is 0 Å². The Kier molecular flexibility index (Phi) is 7.22. The Morgan fingerprint density at radius 2 is 1.55 bits per heavy atom. The Morgan fingerprint density at radius 3 is 2.19 bits per heavy atom. The summed E-state index contributed by atoms with van der Waals surface area (Å²) in [6.07, 6.45) is 0.206. The number of aromatic hydroxyl groups is 1. The van der Waals surface area contributed by atoms with Gasteiger partial charge in [-0.25, -0.2) is 4.79 Å². The lowest BCUT2D eigenvalue weighted by Gasteiger charge is -2.18. The van der Waals surface area contributed by atoms with Crippen molar-refractivity contribution in [1.29, 1.82) is 5.26 Å². The van der Waals surface area contributed by atoms with E-state index < -0.39 is 18.0 Å². The van der Waals surface area contributed by atoms with Gasteiger partial charge in [0.2, 0.25) is 5.91 Å². The van der Waals surface area contributed by atoms with E-state index in [0.29, 0.717) is 5.69 Å². The molecule has 0 aliphatic rings. The molecule has 0 spiro atoms. The van der Waals surface area contributed by atoms with Crippen molar-refractivity contribution in [2.24, 2.45) is 0 Å². The van der Waals surface area contributed by atoms with Crippen LogP contribution in [0.4, 0.5) is 10.5 Å². The van der Waals surface area contributed by atoms with Crippen molar-refractivity contribution in [2.75, 3.05) is 11.9 Å². The first-order valence-corrected chi connectivity index (χ1v) is 9.71. The number of amides is 3. The number of nitrogens with zero attached hydrogens (tertiary/aromatic N) is 1. The third-order valence-electron chi connectivity index (χ3n) is 4.59. The van der Waals surface area contributed by atoms with Crippen LogP contribution in [0.3, 0.4) is 0 Å². The van der Waals surface area contributed by atoms with Crippen LogP contribution in [0.1, 0.15) is 5.56 Å². The molecule has 0 saturated heterocycles. The number of hydrogen-bond acceptors (Lipinski definition) is 4. The number of nitriles is 1. The summed E-state index contributed by atoms with van der Waals surface area (Å²) >= 11 is 0. The fourth-order valence-corrected chi connectivity index (χ4v) is 3.03. The summed E-state index contributed by atoms with van der Waals surface area (Å²) < 4.78 is 0. The number of phenols is 1. The van der Waals surface area contributed by atoms with Gasteiger partial charge in [-0.2, -0.15) is 5.26 Å². The van der Waals surface area contributed by atoms with Crippen LogP contribution in [0.2, 0.25) is 0 Å². The van der Waals surface area contributed by atoms with Gasteiger partial charge in [0.15, 0.2) is 0 Å². The van der Waals surface area contributed by atoms with Gasteiger partial charge in [-0.3, -0.25) is 4.79 Å². The van der Waals surface area contributed by atoms with E-state index in [1.807, 2.05) is 48.5 Å². The summed E-state index contributed by atoms with van der Waals surface area (Å²) in [5.74, 6) is -0.358. The molecule has 0 bridgehead atoms. The Bertz CT molecular complexity index is 1060. The van der Waals surface area contributed by atoms with Crippen LogP contribution in [-0.4, -0.2) is 29.6 Å². The minimum Gasteiger partial charge on any atom is -0.508 e. The van der Waals surface area contributed by atoms with Gasteiger partial charge in [-0.1, -0.05) is 54.6 Å². The van der Waals surface area contributed by atoms with Crippen LogP contribution in [0, 0.1) is 11.3 Å². The molecule has 0 aromatic heterocycles. The summed E-state index contributed by atoms with van der Waals surface area (Å²) in [5.41, 5.74) is 3.43. The molecule has 7 nitrogen and oxygen atoms in total. The number of urea groups is 1. The van der Waals surface area contributed by atoms with Crippen molar-refractivity contribution in [3.63, 3.8) is 0 Å². The molecule has 31 heavy (non-hydrogen) atoms. The second kappa shape index (κ2) is 10.5. The molecular weight excluding hydrogens is 392 g/mol. The smallest absolute Gasteiger partial charge is 0.319 e. The average Bonchev–Trinajstić information content (AvgIpc) is 2.79. The molecule has 0 radical (unpaired) electrons. The molecule has 0 saturated carbocycles. The molecule has 4 N–H and O–H groups in total. The third kappa shape index (κ3) is 6.34. The number of benzene rings is 3. The molecule has 0 aliphatic carbocycles. The van der Waals surface area contributed by atoms with Gasteiger partial charge in [0.05, 0.1) is 6.07 Å². The highest BCUT2D eigenvalue weighted by molar-refractivity contribution is 5.94. The first kappa shape index (κ1) is 21.4. The van der Waals surface area contributed by atoms with E-state index in [0.717, 1.165) is 16.7 Å². The van der Waals surface area contributed by atoms with E-state index in [1.54, 1.807) is 24.3 Å². The van der Waals surface area contributed by atoms with Crippen molar-refractivity contribution in [3.8, 4) is 22.9 Å². The number of nitrogens with one attached hydrogen (secondary N) is 3. The first-order valence-electron chi connectivity index (χ1n) is 9.71. The van der Waals surface area contributed by atoms with Gasteiger partial charge in [0.25, 0.3) is 0 Å². The van der Waals surface area contributed by atoms with Crippen LogP contribution in [-0.2, 0) is 11.2 Å². The predicted molar refractivity (Wildman–Crippen MR) is 118 cm³/mol. The highest BCUT2D eigenvalue weighted by Crippen LogP contribution is 2.21. The summed E-state index contributed by atoms with van der Waals surface area (Å²) in [4.78, 5) is 24.9. The summed E-state index contributed by atoms with van der Waals surface area (Å²) in [5, 5.41) is 26.0. The van der Waals surface area contributed by atoms with Crippen molar-refractivity contribution >= 4 is 17.6 Å². The van der Waals surface area contributed by atoms with E-state index in [1.165, 1.54) is 12.1 Å². The normalized spacial score (nSPS) is 11.1. The van der Waals surface area contributed by atoms with Gasteiger partial charge in [-0.05, 0) is 41.0 Å².